The minimum absolute atomic E-state index is 0.0626. The van der Waals surface area contributed by atoms with Crippen LogP contribution in [0.3, 0.4) is 0 Å². The van der Waals surface area contributed by atoms with Crippen molar-refractivity contribution in [3.05, 3.63) is 33.3 Å². The van der Waals surface area contributed by atoms with Gasteiger partial charge in [-0.2, -0.15) is 0 Å². The van der Waals surface area contributed by atoms with Crippen LogP contribution in [0.15, 0.2) is 22.7 Å². The molecule has 5 heteroatoms. The fourth-order valence-electron chi connectivity index (χ4n) is 0.983. The van der Waals surface area contributed by atoms with Gasteiger partial charge in [-0.05, 0) is 17.7 Å². The van der Waals surface area contributed by atoms with Crippen molar-refractivity contribution >= 4 is 33.5 Å². The number of aliphatic hydroxyl groups is 1. The van der Waals surface area contributed by atoms with Gasteiger partial charge < -0.3 is 10.2 Å². The van der Waals surface area contributed by atoms with Crippen molar-refractivity contribution in [2.45, 2.75) is 12.5 Å². The van der Waals surface area contributed by atoms with Gasteiger partial charge in [0.25, 0.3) is 0 Å². The van der Waals surface area contributed by atoms with Crippen LogP contribution in [0.5, 0.6) is 0 Å². The molecule has 1 atom stereocenters. The average Bonchev–Trinajstić information content (AvgIpc) is 2.09. The lowest BCUT2D eigenvalue weighted by Crippen LogP contribution is -2.22. The van der Waals surface area contributed by atoms with E-state index in [1.165, 1.54) is 0 Å². The summed E-state index contributed by atoms with van der Waals surface area (Å²) in [6.45, 7) is 0. The van der Waals surface area contributed by atoms with Crippen molar-refractivity contribution < 1.29 is 15.0 Å². The molecule has 0 aliphatic rings. The van der Waals surface area contributed by atoms with Crippen molar-refractivity contribution in [3.63, 3.8) is 0 Å². The number of aliphatic carboxylic acids is 1. The molecular weight excluding hydrogens is 271 g/mol. The highest BCUT2D eigenvalue weighted by Crippen LogP contribution is 2.22. The molecule has 0 bridgehead atoms. The molecule has 3 nitrogen and oxygen atoms in total. The molecule has 0 radical (unpaired) electrons. The molecule has 0 aromatic heterocycles. The van der Waals surface area contributed by atoms with E-state index < -0.39 is 12.1 Å². The van der Waals surface area contributed by atoms with Crippen LogP contribution in [0.4, 0.5) is 0 Å². The lowest BCUT2D eigenvalue weighted by Gasteiger charge is -2.07. The van der Waals surface area contributed by atoms with Crippen LogP contribution < -0.4 is 0 Å². The van der Waals surface area contributed by atoms with Crippen molar-refractivity contribution in [2.24, 2.45) is 0 Å². The number of carbonyl (C=O) groups is 1. The summed E-state index contributed by atoms with van der Waals surface area (Å²) in [5.41, 5.74) is 0.712. The molecule has 76 valence electrons. The second kappa shape index (κ2) is 4.77. The maximum atomic E-state index is 10.4. The molecule has 1 aromatic carbocycles. The molecule has 0 heterocycles. The van der Waals surface area contributed by atoms with E-state index in [4.69, 9.17) is 21.8 Å². The Morgan fingerprint density at radius 3 is 2.71 bits per heavy atom. The molecule has 0 aliphatic carbocycles. The highest BCUT2D eigenvalue weighted by Gasteiger charge is 2.15. The summed E-state index contributed by atoms with van der Waals surface area (Å²) >= 11 is 8.94. The predicted octanol–water partition coefficient (Wildman–Crippen LogP) is 2.09. The number of rotatable bonds is 3. The van der Waals surface area contributed by atoms with Gasteiger partial charge in [0.1, 0.15) is 0 Å². The van der Waals surface area contributed by atoms with E-state index >= 15 is 0 Å². The Morgan fingerprint density at radius 1 is 1.57 bits per heavy atom. The van der Waals surface area contributed by atoms with Gasteiger partial charge in [-0.15, -0.1) is 0 Å². The van der Waals surface area contributed by atoms with E-state index in [1.54, 1.807) is 18.2 Å². The van der Waals surface area contributed by atoms with E-state index in [9.17, 15) is 4.79 Å². The summed E-state index contributed by atoms with van der Waals surface area (Å²) in [5.74, 6) is -1.23. The van der Waals surface area contributed by atoms with E-state index in [-0.39, 0.29) is 6.42 Å². The first-order valence-electron chi connectivity index (χ1n) is 3.85. The SMILES string of the molecule is O=C(O)C(O)Cc1ccc(Cl)cc1Br. The van der Waals surface area contributed by atoms with Crippen LogP contribution in [0, 0.1) is 0 Å². The topological polar surface area (TPSA) is 57.5 Å². The first-order chi connectivity index (χ1) is 6.50. The van der Waals surface area contributed by atoms with Crippen LogP contribution in [-0.2, 0) is 11.2 Å². The molecule has 0 spiro atoms. The number of carboxylic acids is 1. The van der Waals surface area contributed by atoms with Crippen molar-refractivity contribution in [3.8, 4) is 0 Å². The van der Waals surface area contributed by atoms with Gasteiger partial charge in [-0.3, -0.25) is 0 Å². The smallest absolute Gasteiger partial charge is 0.332 e. The zero-order chi connectivity index (χ0) is 10.7. The van der Waals surface area contributed by atoms with E-state index in [2.05, 4.69) is 15.9 Å². The Kier molecular flexibility index (Phi) is 3.92. The summed E-state index contributed by atoms with van der Waals surface area (Å²) < 4.78 is 0.699. The molecule has 1 rings (SSSR count). The van der Waals surface area contributed by atoms with Crippen LogP contribution in [0.25, 0.3) is 0 Å². The number of hydrogen-bond donors (Lipinski definition) is 2. The monoisotopic (exact) mass is 278 g/mol. The van der Waals surface area contributed by atoms with Gasteiger partial charge in [0.05, 0.1) is 0 Å². The molecule has 0 aliphatic heterocycles. The molecule has 1 unspecified atom stereocenters. The van der Waals surface area contributed by atoms with Gasteiger partial charge in [-0.25, -0.2) is 4.79 Å². The largest absolute Gasteiger partial charge is 0.479 e. The summed E-state index contributed by atoms with van der Waals surface area (Å²) in [6, 6.07) is 4.99. The summed E-state index contributed by atoms with van der Waals surface area (Å²) in [6.07, 6.45) is -1.32. The van der Waals surface area contributed by atoms with Gasteiger partial charge in [0, 0.05) is 15.9 Å². The number of halogens is 2. The third-order valence-corrected chi connectivity index (χ3v) is 2.69. The standard InChI is InChI=1S/C9H8BrClO3/c10-7-4-6(11)2-1-5(7)3-8(12)9(13)14/h1-2,4,8,12H,3H2,(H,13,14). The molecule has 0 fully saturated rings. The van der Waals surface area contributed by atoms with Crippen LogP contribution in [-0.4, -0.2) is 22.3 Å². The zero-order valence-corrected chi connectivity index (χ0v) is 9.42. The first-order valence-corrected chi connectivity index (χ1v) is 5.02. The van der Waals surface area contributed by atoms with E-state index in [1.807, 2.05) is 0 Å². The Morgan fingerprint density at radius 2 is 2.21 bits per heavy atom. The van der Waals surface area contributed by atoms with E-state index in [0.717, 1.165) is 0 Å². The second-order valence-electron chi connectivity index (χ2n) is 2.79. The second-order valence-corrected chi connectivity index (χ2v) is 4.08. The van der Waals surface area contributed by atoms with Gasteiger partial charge in [0.15, 0.2) is 6.10 Å². The lowest BCUT2D eigenvalue weighted by atomic mass is 10.1. The van der Waals surface area contributed by atoms with Gasteiger partial charge in [-0.1, -0.05) is 33.6 Å². The zero-order valence-electron chi connectivity index (χ0n) is 7.08. The molecule has 2 N–H and O–H groups in total. The summed E-state index contributed by atoms with van der Waals surface area (Å²) in [5, 5.41) is 18.2. The molecule has 0 saturated carbocycles. The highest BCUT2D eigenvalue weighted by atomic mass is 79.9. The average molecular weight is 280 g/mol. The fraction of sp³-hybridized carbons (Fsp3) is 0.222. The number of benzene rings is 1. The highest BCUT2D eigenvalue weighted by molar-refractivity contribution is 9.10. The van der Waals surface area contributed by atoms with Crippen molar-refractivity contribution in [1.82, 2.24) is 0 Å². The Hall–Kier alpha value is -0.580. The first kappa shape index (κ1) is 11.5. The minimum Gasteiger partial charge on any atom is -0.479 e. The van der Waals surface area contributed by atoms with Gasteiger partial charge >= 0.3 is 5.97 Å². The van der Waals surface area contributed by atoms with Crippen LogP contribution in [0.1, 0.15) is 5.56 Å². The summed E-state index contributed by atoms with van der Waals surface area (Å²) in [4.78, 5) is 10.4. The van der Waals surface area contributed by atoms with Crippen molar-refractivity contribution in [1.29, 1.82) is 0 Å². The maximum Gasteiger partial charge on any atom is 0.332 e. The number of aliphatic hydroxyl groups excluding tert-OH is 1. The fourth-order valence-corrected chi connectivity index (χ4v) is 1.83. The normalized spacial score (nSPS) is 12.5. The van der Waals surface area contributed by atoms with E-state index in [0.29, 0.717) is 15.1 Å². The Balaban J connectivity index is 2.82. The predicted molar refractivity (Wildman–Crippen MR) is 56.5 cm³/mol. The third kappa shape index (κ3) is 2.97. The molecule has 0 amide bonds. The maximum absolute atomic E-state index is 10.4. The Labute approximate surface area is 94.4 Å². The van der Waals surface area contributed by atoms with Crippen molar-refractivity contribution in [2.75, 3.05) is 0 Å². The lowest BCUT2D eigenvalue weighted by molar-refractivity contribution is -0.146. The quantitative estimate of drug-likeness (QED) is 0.891. The summed E-state index contributed by atoms with van der Waals surface area (Å²) in [7, 11) is 0. The van der Waals surface area contributed by atoms with Crippen LogP contribution >= 0.6 is 27.5 Å². The molecule has 14 heavy (non-hydrogen) atoms. The molecule has 0 saturated heterocycles. The number of hydrogen-bond acceptors (Lipinski definition) is 2. The number of carboxylic acid groups (broad SMARTS) is 1. The Bertz CT molecular complexity index is 354. The minimum atomic E-state index is -1.38. The van der Waals surface area contributed by atoms with Gasteiger partial charge in [0.2, 0.25) is 0 Å². The third-order valence-electron chi connectivity index (χ3n) is 1.71. The van der Waals surface area contributed by atoms with Crippen LogP contribution in [0.2, 0.25) is 5.02 Å². The molecule has 1 aromatic rings. The molecular formula is C9H8BrClO3.